The van der Waals surface area contributed by atoms with E-state index >= 15 is 0 Å². The molecule has 0 aliphatic carbocycles. The molecule has 1 aromatic heterocycles. The van der Waals surface area contributed by atoms with Gasteiger partial charge >= 0.3 is 0 Å². The Kier molecular flexibility index (Phi) is 2.34. The first-order valence-electron chi connectivity index (χ1n) is 5.47. The monoisotopic (exact) mass is 239 g/mol. The minimum atomic E-state index is -0.373. The zero-order valence-corrected chi connectivity index (χ0v) is 9.37. The van der Waals surface area contributed by atoms with Crippen LogP contribution in [0.5, 0.6) is 0 Å². The van der Waals surface area contributed by atoms with Gasteiger partial charge in [-0.1, -0.05) is 24.3 Å². The molecule has 0 fully saturated rings. The van der Waals surface area contributed by atoms with E-state index in [2.05, 4.69) is 0 Å². The Morgan fingerprint density at radius 1 is 1.06 bits per heavy atom. The molecule has 0 amide bonds. The van der Waals surface area contributed by atoms with E-state index in [1.54, 1.807) is 24.5 Å². The zero-order chi connectivity index (χ0) is 12.5. The van der Waals surface area contributed by atoms with Crippen molar-refractivity contribution < 1.29 is 9.34 Å². The summed E-state index contributed by atoms with van der Waals surface area (Å²) in [6.07, 6.45) is 1.61. The first-order valence-corrected chi connectivity index (χ1v) is 5.47. The van der Waals surface area contributed by atoms with E-state index in [9.17, 15) is 10.1 Å². The predicted molar refractivity (Wildman–Crippen MR) is 68.3 cm³/mol. The van der Waals surface area contributed by atoms with Crippen LogP contribution in [-0.2, 0) is 0 Å². The van der Waals surface area contributed by atoms with Gasteiger partial charge in [-0.25, -0.2) is 0 Å². The number of rotatable bonds is 2. The summed E-state index contributed by atoms with van der Waals surface area (Å²) in [6, 6.07) is 14.1. The second-order valence-corrected chi connectivity index (χ2v) is 3.95. The van der Waals surface area contributed by atoms with Crippen molar-refractivity contribution in [3.8, 4) is 11.1 Å². The lowest BCUT2D eigenvalue weighted by atomic mass is 10.0. The summed E-state index contributed by atoms with van der Waals surface area (Å²) in [5.41, 5.74) is 2.21. The maximum absolute atomic E-state index is 11.0. The SMILES string of the molecule is O=[N+]([O-])c1ccccc1-c1ccc2ccoc2c1. The van der Waals surface area contributed by atoms with Gasteiger partial charge < -0.3 is 4.42 Å². The molecular weight excluding hydrogens is 230 g/mol. The molecule has 3 rings (SSSR count). The van der Waals surface area contributed by atoms with Crippen LogP contribution >= 0.6 is 0 Å². The normalized spacial score (nSPS) is 10.7. The maximum atomic E-state index is 11.0. The van der Waals surface area contributed by atoms with Crippen molar-refractivity contribution in [2.45, 2.75) is 0 Å². The smallest absolute Gasteiger partial charge is 0.277 e. The molecule has 0 unspecified atom stereocenters. The molecule has 3 aromatic rings. The van der Waals surface area contributed by atoms with Gasteiger partial charge in [0, 0.05) is 11.5 Å². The highest BCUT2D eigenvalue weighted by atomic mass is 16.6. The Morgan fingerprint density at radius 3 is 2.72 bits per heavy atom. The molecule has 4 nitrogen and oxygen atoms in total. The van der Waals surface area contributed by atoms with Crippen LogP contribution in [0.1, 0.15) is 0 Å². The largest absolute Gasteiger partial charge is 0.464 e. The molecule has 4 heteroatoms. The Hall–Kier alpha value is -2.62. The Bertz CT molecular complexity index is 730. The van der Waals surface area contributed by atoms with E-state index in [0.29, 0.717) is 5.56 Å². The fraction of sp³-hybridized carbons (Fsp3) is 0. The Balaban J connectivity index is 2.22. The van der Waals surface area contributed by atoms with Gasteiger partial charge in [0.1, 0.15) is 5.58 Å². The molecule has 2 aromatic carbocycles. The van der Waals surface area contributed by atoms with E-state index in [-0.39, 0.29) is 10.6 Å². The lowest BCUT2D eigenvalue weighted by molar-refractivity contribution is -0.384. The molecule has 0 spiro atoms. The van der Waals surface area contributed by atoms with Gasteiger partial charge in [0.25, 0.3) is 5.69 Å². The maximum Gasteiger partial charge on any atom is 0.277 e. The number of para-hydroxylation sites is 1. The standard InChI is InChI=1S/C14H9NO3/c16-15(17)13-4-2-1-3-12(13)11-6-5-10-7-8-18-14(10)9-11/h1-9H. The quantitative estimate of drug-likeness (QED) is 0.501. The fourth-order valence-corrected chi connectivity index (χ4v) is 2.00. The fourth-order valence-electron chi connectivity index (χ4n) is 2.00. The van der Waals surface area contributed by atoms with Gasteiger partial charge in [0.15, 0.2) is 0 Å². The highest BCUT2D eigenvalue weighted by Crippen LogP contribution is 2.31. The van der Waals surface area contributed by atoms with Gasteiger partial charge in [0.2, 0.25) is 0 Å². The third kappa shape index (κ3) is 1.64. The van der Waals surface area contributed by atoms with Crippen LogP contribution in [-0.4, -0.2) is 4.92 Å². The van der Waals surface area contributed by atoms with Crippen LogP contribution in [0, 0.1) is 10.1 Å². The van der Waals surface area contributed by atoms with Crippen molar-refractivity contribution in [2.75, 3.05) is 0 Å². The number of benzene rings is 2. The number of hydrogen-bond acceptors (Lipinski definition) is 3. The molecule has 0 aliphatic rings. The lowest BCUT2D eigenvalue weighted by Gasteiger charge is -2.02. The zero-order valence-electron chi connectivity index (χ0n) is 9.37. The van der Waals surface area contributed by atoms with E-state index in [0.717, 1.165) is 16.5 Å². The summed E-state index contributed by atoms with van der Waals surface area (Å²) in [7, 11) is 0. The van der Waals surface area contributed by atoms with Crippen molar-refractivity contribution in [2.24, 2.45) is 0 Å². The topological polar surface area (TPSA) is 56.3 Å². The average Bonchev–Trinajstić information content (AvgIpc) is 2.85. The second kappa shape index (κ2) is 4.00. The number of nitrogens with zero attached hydrogens (tertiary/aromatic N) is 1. The molecule has 1 heterocycles. The average molecular weight is 239 g/mol. The van der Waals surface area contributed by atoms with Crippen LogP contribution in [0.25, 0.3) is 22.1 Å². The molecule has 0 atom stereocenters. The van der Waals surface area contributed by atoms with E-state index < -0.39 is 0 Å². The van der Waals surface area contributed by atoms with Crippen LogP contribution in [0.4, 0.5) is 5.69 Å². The molecule has 0 saturated carbocycles. The van der Waals surface area contributed by atoms with Crippen LogP contribution in [0.15, 0.2) is 59.2 Å². The molecular formula is C14H9NO3. The number of furan rings is 1. The lowest BCUT2D eigenvalue weighted by Crippen LogP contribution is -1.91. The number of fused-ring (bicyclic) bond motifs is 1. The summed E-state index contributed by atoms with van der Waals surface area (Å²) < 4.78 is 5.31. The van der Waals surface area contributed by atoms with Crippen LogP contribution < -0.4 is 0 Å². The number of nitro benzene ring substituents is 1. The van der Waals surface area contributed by atoms with E-state index in [4.69, 9.17) is 4.42 Å². The van der Waals surface area contributed by atoms with Crippen molar-refractivity contribution >= 4 is 16.7 Å². The number of hydrogen-bond donors (Lipinski definition) is 0. The van der Waals surface area contributed by atoms with Gasteiger partial charge in [0.05, 0.1) is 16.7 Å². The van der Waals surface area contributed by atoms with Crippen LogP contribution in [0.3, 0.4) is 0 Å². The Labute approximate surface area is 103 Å². The second-order valence-electron chi connectivity index (χ2n) is 3.95. The number of nitro groups is 1. The summed E-state index contributed by atoms with van der Waals surface area (Å²) in [4.78, 5) is 10.6. The molecule has 0 aliphatic heterocycles. The summed E-state index contributed by atoms with van der Waals surface area (Å²) >= 11 is 0. The third-order valence-corrected chi connectivity index (χ3v) is 2.87. The summed E-state index contributed by atoms with van der Waals surface area (Å²) in [5, 5.41) is 12.0. The molecule has 0 bridgehead atoms. The van der Waals surface area contributed by atoms with Crippen LogP contribution in [0.2, 0.25) is 0 Å². The minimum absolute atomic E-state index is 0.100. The molecule has 88 valence electrons. The van der Waals surface area contributed by atoms with Crippen molar-refractivity contribution in [1.29, 1.82) is 0 Å². The first-order chi connectivity index (χ1) is 8.75. The van der Waals surface area contributed by atoms with E-state index in [1.165, 1.54) is 6.07 Å². The van der Waals surface area contributed by atoms with Crippen molar-refractivity contribution in [3.05, 3.63) is 64.9 Å². The molecule has 0 saturated heterocycles. The molecule has 0 N–H and O–H groups in total. The Morgan fingerprint density at radius 2 is 1.89 bits per heavy atom. The first kappa shape index (κ1) is 10.5. The van der Waals surface area contributed by atoms with Gasteiger partial charge in [-0.15, -0.1) is 0 Å². The summed E-state index contributed by atoms with van der Waals surface area (Å²) in [6.45, 7) is 0. The van der Waals surface area contributed by atoms with Crippen molar-refractivity contribution in [1.82, 2.24) is 0 Å². The van der Waals surface area contributed by atoms with Crippen molar-refractivity contribution in [3.63, 3.8) is 0 Å². The molecule has 0 radical (unpaired) electrons. The predicted octanol–water partition coefficient (Wildman–Crippen LogP) is 4.01. The highest BCUT2D eigenvalue weighted by Gasteiger charge is 2.14. The van der Waals surface area contributed by atoms with Gasteiger partial charge in [-0.05, 0) is 23.8 Å². The minimum Gasteiger partial charge on any atom is -0.464 e. The van der Waals surface area contributed by atoms with Gasteiger partial charge in [-0.2, -0.15) is 0 Å². The summed E-state index contributed by atoms with van der Waals surface area (Å²) in [5.74, 6) is 0. The van der Waals surface area contributed by atoms with Gasteiger partial charge in [-0.3, -0.25) is 10.1 Å². The third-order valence-electron chi connectivity index (χ3n) is 2.87. The van der Waals surface area contributed by atoms with E-state index in [1.807, 2.05) is 24.3 Å². The molecule has 18 heavy (non-hydrogen) atoms. The highest BCUT2D eigenvalue weighted by molar-refractivity contribution is 5.85.